The van der Waals surface area contributed by atoms with Crippen molar-refractivity contribution in [3.05, 3.63) is 47.7 Å². The number of aliphatic hydroxyl groups is 1. The van der Waals surface area contributed by atoms with Gasteiger partial charge in [-0.25, -0.2) is 13.9 Å². The summed E-state index contributed by atoms with van der Waals surface area (Å²) >= 11 is 0. The van der Waals surface area contributed by atoms with Gasteiger partial charge in [0.05, 0.1) is 36.6 Å². The van der Waals surface area contributed by atoms with Gasteiger partial charge >= 0.3 is 0 Å². The number of aromatic nitrogens is 3. The first-order chi connectivity index (χ1) is 14.6. The van der Waals surface area contributed by atoms with E-state index >= 15 is 0 Å². The van der Waals surface area contributed by atoms with E-state index in [1.807, 2.05) is 12.1 Å². The summed E-state index contributed by atoms with van der Waals surface area (Å²) in [5.74, 6) is -0.136. The van der Waals surface area contributed by atoms with Crippen molar-refractivity contribution in [3.63, 3.8) is 0 Å². The minimum Gasteiger partial charge on any atom is -0.487 e. The molecule has 2 aliphatic heterocycles. The second-order valence-electron chi connectivity index (χ2n) is 7.70. The van der Waals surface area contributed by atoms with E-state index in [0.717, 1.165) is 49.1 Å². The van der Waals surface area contributed by atoms with Crippen LogP contribution >= 0.6 is 0 Å². The van der Waals surface area contributed by atoms with E-state index in [1.54, 1.807) is 0 Å². The predicted octanol–water partition coefficient (Wildman–Crippen LogP) is 2.41. The lowest BCUT2D eigenvalue weighted by atomic mass is 10.0. The third-order valence-electron chi connectivity index (χ3n) is 5.64. The number of carbonyl (C=O) groups is 1. The van der Waals surface area contributed by atoms with Gasteiger partial charge in [-0.1, -0.05) is 0 Å². The Morgan fingerprint density at radius 2 is 2.10 bits per heavy atom. The van der Waals surface area contributed by atoms with Gasteiger partial charge in [-0.05, 0) is 25.3 Å². The molecule has 5 rings (SSSR count). The van der Waals surface area contributed by atoms with Crippen LogP contribution in [0.3, 0.4) is 0 Å². The van der Waals surface area contributed by atoms with E-state index in [9.17, 15) is 14.3 Å². The molecule has 9 heteroatoms. The van der Waals surface area contributed by atoms with Crippen LogP contribution in [0.25, 0.3) is 5.65 Å². The molecule has 1 aromatic carbocycles. The number of hydrogen-bond donors (Lipinski definition) is 2. The Kier molecular flexibility index (Phi) is 4.74. The van der Waals surface area contributed by atoms with Crippen molar-refractivity contribution in [2.75, 3.05) is 29.9 Å². The van der Waals surface area contributed by atoms with Crippen LogP contribution in [0.15, 0.2) is 30.7 Å². The highest BCUT2D eigenvalue weighted by atomic mass is 19.1. The van der Waals surface area contributed by atoms with Crippen molar-refractivity contribution in [1.82, 2.24) is 14.6 Å². The van der Waals surface area contributed by atoms with Gasteiger partial charge < -0.3 is 20.1 Å². The number of hydrogen-bond acceptors (Lipinski definition) is 6. The van der Waals surface area contributed by atoms with E-state index in [1.165, 1.54) is 23.3 Å². The Morgan fingerprint density at radius 3 is 2.90 bits per heavy atom. The van der Waals surface area contributed by atoms with E-state index < -0.39 is 5.82 Å². The second-order valence-corrected chi connectivity index (χ2v) is 7.70. The molecule has 8 nitrogen and oxygen atoms in total. The fraction of sp³-hybridized carbons (Fsp3) is 0.381. The molecular formula is C21H22FN5O3. The molecule has 0 spiro atoms. The lowest BCUT2D eigenvalue weighted by Crippen LogP contribution is -2.30. The van der Waals surface area contributed by atoms with Crippen molar-refractivity contribution in [3.8, 4) is 5.75 Å². The molecule has 156 valence electrons. The van der Waals surface area contributed by atoms with Crippen LogP contribution < -0.4 is 15.0 Å². The van der Waals surface area contributed by atoms with Gasteiger partial charge in [0.1, 0.15) is 17.4 Å². The van der Waals surface area contributed by atoms with E-state index in [2.05, 4.69) is 20.3 Å². The van der Waals surface area contributed by atoms with Crippen molar-refractivity contribution in [1.29, 1.82) is 0 Å². The SMILES string of the molecule is O=C(Nc1cc2c(cc1N1CCCCC1)OC(CO)C2)c1cnn2cc(F)cnc12. The van der Waals surface area contributed by atoms with Crippen molar-refractivity contribution < 1.29 is 19.0 Å². The number of piperidine rings is 1. The number of anilines is 2. The van der Waals surface area contributed by atoms with Crippen LogP contribution in [0.4, 0.5) is 15.8 Å². The number of fused-ring (bicyclic) bond motifs is 2. The number of carbonyl (C=O) groups excluding carboxylic acids is 1. The number of ether oxygens (including phenoxy) is 1. The van der Waals surface area contributed by atoms with Crippen LogP contribution in [0.1, 0.15) is 35.2 Å². The molecule has 0 bridgehead atoms. The molecule has 2 aliphatic rings. The molecule has 4 heterocycles. The molecule has 2 N–H and O–H groups in total. The second kappa shape index (κ2) is 7.56. The molecule has 3 aromatic rings. The smallest absolute Gasteiger partial charge is 0.261 e. The van der Waals surface area contributed by atoms with E-state index in [0.29, 0.717) is 17.8 Å². The molecule has 1 fully saturated rings. The highest BCUT2D eigenvalue weighted by Crippen LogP contribution is 2.39. The lowest BCUT2D eigenvalue weighted by molar-refractivity contribution is 0.102. The standard InChI is InChI=1S/C21H22FN5O3/c22-14-9-23-20-16(10-24-27(20)11-14)21(29)25-17-7-13-6-15(12-28)30-19(13)8-18(17)26-4-2-1-3-5-26/h7-11,15,28H,1-6,12H2,(H,25,29). The largest absolute Gasteiger partial charge is 0.487 e. The summed E-state index contributed by atoms with van der Waals surface area (Å²) < 4.78 is 20.5. The van der Waals surface area contributed by atoms with Gasteiger partial charge in [-0.15, -0.1) is 0 Å². The molecule has 1 saturated heterocycles. The van der Waals surface area contributed by atoms with Gasteiger partial charge in [-0.2, -0.15) is 5.10 Å². The molecule has 1 amide bonds. The molecule has 0 radical (unpaired) electrons. The Morgan fingerprint density at radius 1 is 1.27 bits per heavy atom. The summed E-state index contributed by atoms with van der Waals surface area (Å²) in [4.78, 5) is 19.3. The first-order valence-corrected chi connectivity index (χ1v) is 10.1. The lowest BCUT2D eigenvalue weighted by Gasteiger charge is -2.31. The van der Waals surface area contributed by atoms with Crippen LogP contribution in [0.2, 0.25) is 0 Å². The highest BCUT2D eigenvalue weighted by Gasteiger charge is 2.27. The summed E-state index contributed by atoms with van der Waals surface area (Å²) in [5.41, 5.74) is 3.09. The molecule has 2 aromatic heterocycles. The molecule has 30 heavy (non-hydrogen) atoms. The Hall–Kier alpha value is -3.20. The summed E-state index contributed by atoms with van der Waals surface area (Å²) in [6.07, 6.45) is 7.33. The fourth-order valence-corrected chi connectivity index (χ4v) is 4.15. The summed E-state index contributed by atoms with van der Waals surface area (Å²) in [6.45, 7) is 1.76. The number of benzene rings is 1. The highest BCUT2D eigenvalue weighted by molar-refractivity contribution is 6.09. The van der Waals surface area contributed by atoms with Gasteiger partial charge in [0, 0.05) is 31.1 Å². The number of nitrogens with one attached hydrogen (secondary N) is 1. The first kappa shape index (κ1) is 18.8. The van der Waals surface area contributed by atoms with Crippen LogP contribution in [0, 0.1) is 5.82 Å². The van der Waals surface area contributed by atoms with Gasteiger partial charge in [-0.3, -0.25) is 4.79 Å². The van der Waals surface area contributed by atoms with Crippen LogP contribution in [0.5, 0.6) is 5.75 Å². The summed E-state index contributed by atoms with van der Waals surface area (Å²) in [6, 6.07) is 3.88. The van der Waals surface area contributed by atoms with Crippen LogP contribution in [-0.4, -0.2) is 51.4 Å². The number of halogens is 1. The monoisotopic (exact) mass is 411 g/mol. The minimum atomic E-state index is -0.526. The van der Waals surface area contributed by atoms with E-state index in [4.69, 9.17) is 4.74 Å². The average Bonchev–Trinajstić information content (AvgIpc) is 3.36. The Balaban J connectivity index is 1.50. The number of aliphatic hydroxyl groups excluding tert-OH is 1. The first-order valence-electron chi connectivity index (χ1n) is 10.1. The van der Waals surface area contributed by atoms with E-state index in [-0.39, 0.29) is 24.2 Å². The number of rotatable bonds is 4. The molecule has 0 saturated carbocycles. The third-order valence-corrected chi connectivity index (χ3v) is 5.64. The van der Waals surface area contributed by atoms with Gasteiger partial charge in [0.2, 0.25) is 0 Å². The topological polar surface area (TPSA) is 92.0 Å². The Labute approximate surface area is 172 Å². The summed E-state index contributed by atoms with van der Waals surface area (Å²) in [7, 11) is 0. The van der Waals surface area contributed by atoms with Crippen LogP contribution in [-0.2, 0) is 6.42 Å². The Bertz CT molecular complexity index is 1110. The summed E-state index contributed by atoms with van der Waals surface area (Å²) in [5, 5.41) is 16.5. The molecule has 0 aliphatic carbocycles. The fourth-order valence-electron chi connectivity index (χ4n) is 4.15. The maximum Gasteiger partial charge on any atom is 0.261 e. The molecule has 1 unspecified atom stereocenters. The quantitative estimate of drug-likeness (QED) is 0.685. The van der Waals surface area contributed by atoms with Crippen molar-refractivity contribution >= 4 is 22.9 Å². The van der Waals surface area contributed by atoms with Gasteiger partial charge in [0.15, 0.2) is 11.5 Å². The third kappa shape index (κ3) is 3.35. The zero-order valence-corrected chi connectivity index (χ0v) is 16.3. The number of nitrogens with zero attached hydrogens (tertiary/aromatic N) is 4. The maximum absolute atomic E-state index is 13.4. The van der Waals surface area contributed by atoms with Gasteiger partial charge in [0.25, 0.3) is 5.91 Å². The predicted molar refractivity (Wildman–Crippen MR) is 109 cm³/mol. The average molecular weight is 411 g/mol. The zero-order chi connectivity index (χ0) is 20.7. The molecular weight excluding hydrogens is 389 g/mol. The normalized spacial score (nSPS) is 18.3. The minimum absolute atomic E-state index is 0.0555. The number of amides is 1. The van der Waals surface area contributed by atoms with Crippen molar-refractivity contribution in [2.24, 2.45) is 0 Å². The zero-order valence-electron chi connectivity index (χ0n) is 16.3. The maximum atomic E-state index is 13.4. The van der Waals surface area contributed by atoms with Crippen molar-refractivity contribution in [2.45, 2.75) is 31.8 Å². The molecule has 1 atom stereocenters.